The predicted molar refractivity (Wildman–Crippen MR) is 70.2 cm³/mol. The highest BCUT2D eigenvalue weighted by Crippen LogP contribution is 2.26. The van der Waals surface area contributed by atoms with Gasteiger partial charge in [0.25, 0.3) is 5.78 Å². The van der Waals surface area contributed by atoms with Crippen LogP contribution in [0.5, 0.6) is 0 Å². The molecule has 0 aromatic carbocycles. The minimum absolute atomic E-state index is 0.404. The number of carbonyl (C=O) groups excluding carboxylic acids is 1. The van der Waals surface area contributed by atoms with E-state index >= 15 is 0 Å². The van der Waals surface area contributed by atoms with Gasteiger partial charge in [0.05, 0.1) is 4.88 Å². The van der Waals surface area contributed by atoms with Crippen LogP contribution < -0.4 is 0 Å². The molecule has 98 valence electrons. The van der Waals surface area contributed by atoms with Gasteiger partial charge in [-0.1, -0.05) is 0 Å². The van der Waals surface area contributed by atoms with Gasteiger partial charge in [0.1, 0.15) is 0 Å². The van der Waals surface area contributed by atoms with Crippen molar-refractivity contribution in [3.8, 4) is 0 Å². The summed E-state index contributed by atoms with van der Waals surface area (Å²) in [7, 11) is 2.11. The van der Waals surface area contributed by atoms with E-state index in [1.807, 2.05) is 6.07 Å². The molecule has 2 heterocycles. The van der Waals surface area contributed by atoms with E-state index in [2.05, 4.69) is 11.9 Å². The Labute approximate surface area is 110 Å². The first-order valence-corrected chi connectivity index (χ1v) is 6.98. The van der Waals surface area contributed by atoms with E-state index in [9.17, 15) is 9.59 Å². The summed E-state index contributed by atoms with van der Waals surface area (Å²) in [6.45, 7) is 2.16. The smallest absolute Gasteiger partial charge is 0.378 e. The lowest BCUT2D eigenvalue weighted by atomic mass is 9.90. The van der Waals surface area contributed by atoms with Crippen molar-refractivity contribution in [2.75, 3.05) is 20.1 Å². The molecule has 1 saturated heterocycles. The second kappa shape index (κ2) is 5.63. The van der Waals surface area contributed by atoms with Crippen LogP contribution in [0.3, 0.4) is 0 Å². The van der Waals surface area contributed by atoms with Crippen molar-refractivity contribution in [1.82, 2.24) is 4.90 Å². The quantitative estimate of drug-likeness (QED) is 0.668. The van der Waals surface area contributed by atoms with E-state index < -0.39 is 11.8 Å². The molecular formula is C13H17NO3S. The van der Waals surface area contributed by atoms with E-state index in [4.69, 9.17) is 5.11 Å². The normalized spacial score (nSPS) is 17.8. The number of nitrogens with zero attached hydrogens (tertiary/aromatic N) is 1. The molecular weight excluding hydrogens is 250 g/mol. The average molecular weight is 267 g/mol. The molecule has 0 spiro atoms. The first-order chi connectivity index (χ1) is 8.58. The molecule has 1 aromatic heterocycles. The Morgan fingerprint density at radius 1 is 1.44 bits per heavy atom. The zero-order chi connectivity index (χ0) is 13.1. The topological polar surface area (TPSA) is 57.6 Å². The number of likely N-dealkylation sites (tertiary alicyclic amines) is 1. The number of piperidine rings is 1. The van der Waals surface area contributed by atoms with E-state index in [1.165, 1.54) is 11.3 Å². The number of carboxylic acid groups (broad SMARTS) is 1. The molecule has 1 aliphatic rings. The Balaban J connectivity index is 2.04. The Kier molecular flexibility index (Phi) is 4.14. The molecule has 0 amide bonds. The number of carboxylic acids is 1. The molecule has 1 fully saturated rings. The summed E-state index contributed by atoms with van der Waals surface area (Å²) in [5, 5.41) is 10.6. The zero-order valence-electron chi connectivity index (χ0n) is 10.4. The summed E-state index contributed by atoms with van der Waals surface area (Å²) in [5.41, 5.74) is 0.905. The minimum Gasteiger partial charge on any atom is -0.475 e. The van der Waals surface area contributed by atoms with Crippen LogP contribution in [0.1, 0.15) is 28.1 Å². The fourth-order valence-corrected chi connectivity index (χ4v) is 3.24. The van der Waals surface area contributed by atoms with Crippen molar-refractivity contribution >= 4 is 23.1 Å². The summed E-state index contributed by atoms with van der Waals surface area (Å²) < 4.78 is 0. The van der Waals surface area contributed by atoms with Crippen LogP contribution in [0.2, 0.25) is 0 Å². The molecule has 0 bridgehead atoms. The second-order valence-corrected chi connectivity index (χ2v) is 5.78. The number of hydrogen-bond acceptors (Lipinski definition) is 4. The highest BCUT2D eigenvalue weighted by molar-refractivity contribution is 7.13. The van der Waals surface area contributed by atoms with Gasteiger partial charge in [-0.2, -0.15) is 0 Å². The summed E-state index contributed by atoms with van der Waals surface area (Å²) in [4.78, 5) is 25.0. The van der Waals surface area contributed by atoms with Crippen molar-refractivity contribution < 1.29 is 14.7 Å². The molecule has 0 saturated carbocycles. The SMILES string of the molecule is CN1CCC(Cc2ccsc2C(=O)C(=O)O)CC1. The van der Waals surface area contributed by atoms with E-state index in [0.717, 1.165) is 37.9 Å². The fraction of sp³-hybridized carbons (Fsp3) is 0.538. The second-order valence-electron chi connectivity index (χ2n) is 4.86. The van der Waals surface area contributed by atoms with Gasteiger partial charge in [-0.15, -0.1) is 11.3 Å². The molecule has 0 radical (unpaired) electrons. The third-order valence-electron chi connectivity index (χ3n) is 3.49. The summed E-state index contributed by atoms with van der Waals surface area (Å²) in [6, 6.07) is 1.89. The van der Waals surface area contributed by atoms with Crippen molar-refractivity contribution in [2.24, 2.45) is 5.92 Å². The van der Waals surface area contributed by atoms with E-state index in [-0.39, 0.29) is 0 Å². The molecule has 0 aliphatic carbocycles. The highest BCUT2D eigenvalue weighted by Gasteiger charge is 2.23. The summed E-state index contributed by atoms with van der Waals surface area (Å²) >= 11 is 1.23. The Bertz CT molecular complexity index is 447. The Morgan fingerprint density at radius 2 is 2.11 bits per heavy atom. The largest absolute Gasteiger partial charge is 0.475 e. The van der Waals surface area contributed by atoms with Crippen LogP contribution >= 0.6 is 11.3 Å². The number of rotatable bonds is 4. The lowest BCUT2D eigenvalue weighted by molar-refractivity contribution is -0.131. The molecule has 4 nitrogen and oxygen atoms in total. The molecule has 18 heavy (non-hydrogen) atoms. The predicted octanol–water partition coefficient (Wildman–Crippen LogP) is 1.90. The monoisotopic (exact) mass is 267 g/mol. The number of thiophene rings is 1. The maximum absolute atomic E-state index is 11.5. The number of hydrogen-bond donors (Lipinski definition) is 1. The third kappa shape index (κ3) is 2.97. The Morgan fingerprint density at radius 3 is 2.72 bits per heavy atom. The lowest BCUT2D eigenvalue weighted by Crippen LogP contribution is -2.31. The number of ketones is 1. The Hall–Kier alpha value is -1.20. The molecule has 1 aliphatic heterocycles. The van der Waals surface area contributed by atoms with Gasteiger partial charge in [0.15, 0.2) is 0 Å². The van der Waals surface area contributed by atoms with Crippen LogP contribution in [-0.4, -0.2) is 41.9 Å². The minimum atomic E-state index is -1.36. The first kappa shape index (κ1) is 13.2. The van der Waals surface area contributed by atoms with Crippen molar-refractivity contribution in [3.05, 3.63) is 21.9 Å². The maximum atomic E-state index is 11.5. The average Bonchev–Trinajstić information content (AvgIpc) is 2.79. The number of aliphatic carboxylic acids is 1. The highest BCUT2D eigenvalue weighted by atomic mass is 32.1. The molecule has 1 N–H and O–H groups in total. The molecule has 0 unspecified atom stereocenters. The van der Waals surface area contributed by atoms with Gasteiger partial charge in [-0.25, -0.2) is 4.79 Å². The van der Waals surface area contributed by atoms with Crippen molar-refractivity contribution in [1.29, 1.82) is 0 Å². The number of carbonyl (C=O) groups is 2. The van der Waals surface area contributed by atoms with Crippen molar-refractivity contribution in [2.45, 2.75) is 19.3 Å². The molecule has 1 aromatic rings. The maximum Gasteiger partial charge on any atom is 0.378 e. The molecule has 5 heteroatoms. The van der Waals surface area contributed by atoms with Crippen LogP contribution in [0.25, 0.3) is 0 Å². The van der Waals surface area contributed by atoms with Crippen LogP contribution in [0.4, 0.5) is 0 Å². The van der Waals surface area contributed by atoms with Crippen LogP contribution in [0.15, 0.2) is 11.4 Å². The van der Waals surface area contributed by atoms with Gasteiger partial charge >= 0.3 is 5.97 Å². The van der Waals surface area contributed by atoms with Gasteiger partial charge in [0, 0.05) is 0 Å². The van der Waals surface area contributed by atoms with Gasteiger partial charge in [0.2, 0.25) is 0 Å². The van der Waals surface area contributed by atoms with Gasteiger partial charge in [-0.3, -0.25) is 4.79 Å². The van der Waals surface area contributed by atoms with Crippen LogP contribution in [0, 0.1) is 5.92 Å². The van der Waals surface area contributed by atoms with E-state index in [1.54, 1.807) is 5.38 Å². The fourth-order valence-electron chi connectivity index (χ4n) is 2.37. The standard InChI is InChI=1S/C13H17NO3S/c1-14-5-2-9(3-6-14)8-10-4-7-18-12(10)11(15)13(16)17/h4,7,9H,2-3,5-6,8H2,1H3,(H,16,17). The first-order valence-electron chi connectivity index (χ1n) is 6.10. The summed E-state index contributed by atoms with van der Waals surface area (Å²) in [6.07, 6.45) is 3.06. The van der Waals surface area contributed by atoms with Crippen LogP contribution in [-0.2, 0) is 11.2 Å². The zero-order valence-corrected chi connectivity index (χ0v) is 11.2. The molecule has 0 atom stereocenters. The number of Topliss-reactive ketones (excluding diaryl/α,β-unsaturated/α-hetero) is 1. The van der Waals surface area contributed by atoms with Gasteiger partial charge in [-0.05, 0) is 62.3 Å². The lowest BCUT2D eigenvalue weighted by Gasteiger charge is -2.28. The van der Waals surface area contributed by atoms with Crippen molar-refractivity contribution in [3.63, 3.8) is 0 Å². The summed E-state index contributed by atoms with van der Waals surface area (Å²) in [5.74, 6) is -1.56. The molecule has 2 rings (SSSR count). The third-order valence-corrected chi connectivity index (χ3v) is 4.45. The van der Waals surface area contributed by atoms with Gasteiger partial charge < -0.3 is 10.0 Å². The van der Waals surface area contributed by atoms with E-state index in [0.29, 0.717) is 10.8 Å².